The molecule has 4 aliphatic rings. The third-order valence-electron chi connectivity index (χ3n) is 11.4. The first-order valence-corrected chi connectivity index (χ1v) is 15.7. The van der Waals surface area contributed by atoms with Crippen molar-refractivity contribution in [2.75, 3.05) is 13.1 Å². The van der Waals surface area contributed by atoms with Crippen LogP contribution in [0.1, 0.15) is 112 Å². The van der Waals surface area contributed by atoms with Gasteiger partial charge in [-0.1, -0.05) is 65.5 Å². The number of carbonyl (C=O) groups excluding carboxylic acids is 1. The first-order chi connectivity index (χ1) is 18.0. The van der Waals surface area contributed by atoms with Crippen LogP contribution in [0.3, 0.4) is 0 Å². The van der Waals surface area contributed by atoms with Gasteiger partial charge in [-0.2, -0.15) is 0 Å². The average Bonchev–Trinajstić information content (AvgIpc) is 3.21. The molecule has 4 rings (SSSR count). The van der Waals surface area contributed by atoms with Gasteiger partial charge in [0.15, 0.2) is 5.96 Å². The summed E-state index contributed by atoms with van der Waals surface area (Å²) in [5.74, 6) is 5.18. The third-order valence-corrected chi connectivity index (χ3v) is 11.4. The Morgan fingerprint density at radius 3 is 2.61 bits per heavy atom. The minimum absolute atomic E-state index is 0.0139. The van der Waals surface area contributed by atoms with Gasteiger partial charge in [0.25, 0.3) is 0 Å². The number of amides is 1. The molecule has 8 atom stereocenters. The molecule has 0 aromatic carbocycles. The third kappa shape index (κ3) is 6.20. The lowest BCUT2D eigenvalue weighted by Crippen LogP contribution is -2.51. The summed E-state index contributed by atoms with van der Waals surface area (Å²) in [5.41, 5.74) is 13.1. The van der Waals surface area contributed by atoms with E-state index in [4.69, 9.17) is 16.2 Å². The molecule has 0 aliphatic heterocycles. The van der Waals surface area contributed by atoms with Gasteiger partial charge in [0.2, 0.25) is 0 Å². The highest BCUT2D eigenvalue weighted by atomic mass is 16.6. The van der Waals surface area contributed by atoms with E-state index in [0.717, 1.165) is 54.8 Å². The number of hydrogen-bond acceptors (Lipinski definition) is 3. The molecule has 1 amide bonds. The van der Waals surface area contributed by atoms with Gasteiger partial charge in [-0.05, 0) is 97.7 Å². The molecule has 0 aromatic heterocycles. The maximum atomic E-state index is 12.4. The summed E-state index contributed by atoms with van der Waals surface area (Å²) in [6, 6.07) is 0. The van der Waals surface area contributed by atoms with E-state index in [-0.39, 0.29) is 23.6 Å². The molecule has 6 nitrogen and oxygen atoms in total. The minimum atomic E-state index is -0.314. The number of ether oxygens (including phenoxy) is 1. The van der Waals surface area contributed by atoms with Crippen LogP contribution >= 0.6 is 0 Å². The average molecular weight is 529 g/mol. The van der Waals surface area contributed by atoms with Crippen LogP contribution in [0.25, 0.3) is 0 Å². The number of allylic oxidation sites excluding steroid dienone is 1. The summed E-state index contributed by atoms with van der Waals surface area (Å²) in [5, 5.41) is 2.86. The molecular weight excluding hydrogens is 472 g/mol. The van der Waals surface area contributed by atoms with E-state index in [9.17, 15) is 4.79 Å². The van der Waals surface area contributed by atoms with Crippen molar-refractivity contribution in [2.24, 2.45) is 62.8 Å². The van der Waals surface area contributed by atoms with E-state index in [2.05, 4.69) is 51.0 Å². The highest BCUT2D eigenvalue weighted by molar-refractivity contribution is 5.75. The van der Waals surface area contributed by atoms with Crippen LogP contribution in [0.4, 0.5) is 4.79 Å². The van der Waals surface area contributed by atoms with Crippen LogP contribution in [-0.2, 0) is 4.74 Å². The fourth-order valence-electron chi connectivity index (χ4n) is 9.42. The zero-order chi connectivity index (χ0) is 27.5. The SMILES string of the molecule is CC(C)CCC[C@@H](C)[C@H]1CC[C@H]2[C@@H]3CC=C4C[C@@H](OC(=O)NCCCN=C(N)N)CC[C@]4(C)[C@H]3CC[C@]12C. The largest absolute Gasteiger partial charge is 0.446 e. The van der Waals surface area contributed by atoms with Gasteiger partial charge in [-0.15, -0.1) is 0 Å². The Morgan fingerprint density at radius 1 is 1.08 bits per heavy atom. The van der Waals surface area contributed by atoms with Gasteiger partial charge in [0, 0.05) is 19.5 Å². The lowest BCUT2D eigenvalue weighted by Gasteiger charge is -2.58. The second kappa shape index (κ2) is 12.2. The molecule has 4 aliphatic carbocycles. The predicted molar refractivity (Wildman–Crippen MR) is 157 cm³/mol. The zero-order valence-electron chi connectivity index (χ0n) is 24.9. The molecule has 0 bridgehead atoms. The van der Waals surface area contributed by atoms with Gasteiger partial charge in [-0.25, -0.2) is 4.79 Å². The van der Waals surface area contributed by atoms with Crippen molar-refractivity contribution >= 4 is 12.1 Å². The molecule has 216 valence electrons. The Bertz CT molecular complexity index is 881. The van der Waals surface area contributed by atoms with Gasteiger partial charge in [0.1, 0.15) is 6.10 Å². The predicted octanol–water partition coefficient (Wildman–Crippen LogP) is 6.79. The van der Waals surface area contributed by atoms with E-state index in [1.165, 1.54) is 51.4 Å². The number of hydrogen-bond donors (Lipinski definition) is 3. The van der Waals surface area contributed by atoms with Crippen molar-refractivity contribution in [1.82, 2.24) is 5.32 Å². The first kappa shape index (κ1) is 29.3. The van der Waals surface area contributed by atoms with Crippen molar-refractivity contribution in [3.63, 3.8) is 0 Å². The lowest BCUT2D eigenvalue weighted by atomic mass is 9.47. The van der Waals surface area contributed by atoms with Gasteiger partial charge >= 0.3 is 6.09 Å². The second-order valence-corrected chi connectivity index (χ2v) is 14.1. The number of nitrogens with zero attached hydrogens (tertiary/aromatic N) is 1. The van der Waals surface area contributed by atoms with Crippen molar-refractivity contribution in [3.8, 4) is 0 Å². The molecule has 6 heteroatoms. The molecule has 0 spiro atoms. The number of carbonyl (C=O) groups is 1. The Balaban J connectivity index is 1.33. The van der Waals surface area contributed by atoms with Crippen LogP contribution in [0.15, 0.2) is 16.6 Å². The second-order valence-electron chi connectivity index (χ2n) is 14.1. The minimum Gasteiger partial charge on any atom is -0.446 e. The molecule has 3 saturated carbocycles. The number of nitrogens with two attached hydrogens (primary N) is 2. The fourth-order valence-corrected chi connectivity index (χ4v) is 9.42. The van der Waals surface area contributed by atoms with Crippen LogP contribution in [-0.4, -0.2) is 31.2 Å². The Kier molecular flexibility index (Phi) is 9.40. The van der Waals surface area contributed by atoms with E-state index >= 15 is 0 Å². The van der Waals surface area contributed by atoms with Crippen molar-refractivity contribution < 1.29 is 9.53 Å². The summed E-state index contributed by atoms with van der Waals surface area (Å²) in [6.07, 6.45) is 17.0. The standard InChI is InChI=1S/C32H56N4O2/c1-21(2)8-6-9-22(3)26-12-13-27-25-11-10-23-20-24(38-30(37)36-19-7-18-35-29(33)34)14-16-31(23,4)28(25)15-17-32(26,27)5/h10,21-22,24-28H,6-9,11-20H2,1-5H3,(H,36,37)(H4,33,34,35)/t22-,24+,25+,26-,27+,28+,31+,32-/m1/s1. The van der Waals surface area contributed by atoms with E-state index in [0.29, 0.717) is 24.9 Å². The van der Waals surface area contributed by atoms with Crippen molar-refractivity contribution in [2.45, 2.75) is 118 Å². The van der Waals surface area contributed by atoms with Crippen LogP contribution in [0.5, 0.6) is 0 Å². The molecule has 0 heterocycles. The highest BCUT2D eigenvalue weighted by Gasteiger charge is 2.59. The smallest absolute Gasteiger partial charge is 0.407 e. The van der Waals surface area contributed by atoms with Gasteiger partial charge < -0.3 is 21.5 Å². The molecule has 0 unspecified atom stereocenters. The number of alkyl carbamates (subject to hydrolysis) is 1. The van der Waals surface area contributed by atoms with E-state index in [1.807, 2.05) is 0 Å². The lowest BCUT2D eigenvalue weighted by molar-refractivity contribution is -0.0581. The summed E-state index contributed by atoms with van der Waals surface area (Å²) >= 11 is 0. The Labute approximate surface area is 232 Å². The monoisotopic (exact) mass is 528 g/mol. The fraction of sp³-hybridized carbons (Fsp3) is 0.875. The van der Waals surface area contributed by atoms with Crippen LogP contribution < -0.4 is 16.8 Å². The summed E-state index contributed by atoms with van der Waals surface area (Å²) in [7, 11) is 0. The van der Waals surface area contributed by atoms with Crippen molar-refractivity contribution in [1.29, 1.82) is 0 Å². The number of nitrogens with one attached hydrogen (secondary N) is 1. The molecule has 0 aromatic rings. The number of fused-ring (bicyclic) bond motifs is 5. The molecular formula is C32H56N4O2. The van der Waals surface area contributed by atoms with Crippen LogP contribution in [0, 0.1) is 46.3 Å². The summed E-state index contributed by atoms with van der Waals surface area (Å²) in [4.78, 5) is 16.3. The Hall–Kier alpha value is -1.72. The number of rotatable bonds is 10. The summed E-state index contributed by atoms with van der Waals surface area (Å²) < 4.78 is 5.85. The topological polar surface area (TPSA) is 103 Å². The van der Waals surface area contributed by atoms with E-state index in [1.54, 1.807) is 5.57 Å². The highest BCUT2D eigenvalue weighted by Crippen LogP contribution is 2.67. The quantitative estimate of drug-likeness (QED) is 0.126. The normalized spacial score (nSPS) is 36.9. The van der Waals surface area contributed by atoms with Crippen LogP contribution in [0.2, 0.25) is 0 Å². The number of aliphatic imine (C=N–C) groups is 1. The number of guanidine groups is 1. The molecule has 38 heavy (non-hydrogen) atoms. The van der Waals surface area contributed by atoms with Gasteiger partial charge in [0.05, 0.1) is 0 Å². The zero-order valence-corrected chi connectivity index (χ0v) is 24.9. The van der Waals surface area contributed by atoms with E-state index < -0.39 is 0 Å². The maximum absolute atomic E-state index is 12.4. The maximum Gasteiger partial charge on any atom is 0.407 e. The first-order valence-electron chi connectivity index (χ1n) is 15.7. The van der Waals surface area contributed by atoms with Gasteiger partial charge in [-0.3, -0.25) is 4.99 Å². The molecule has 0 saturated heterocycles. The molecule has 3 fully saturated rings. The molecule has 0 radical (unpaired) electrons. The van der Waals surface area contributed by atoms with Crippen molar-refractivity contribution in [3.05, 3.63) is 11.6 Å². The summed E-state index contributed by atoms with van der Waals surface area (Å²) in [6.45, 7) is 13.5. The molecule has 5 N–H and O–H groups in total. The Morgan fingerprint density at radius 2 is 1.87 bits per heavy atom.